The van der Waals surface area contributed by atoms with Crippen LogP contribution >= 0.6 is 34.4 Å². The summed E-state index contributed by atoms with van der Waals surface area (Å²) in [6.45, 7) is 1.46. The molecule has 0 aliphatic carbocycles. The molecule has 4 rings (SSSR count). The number of anilines is 1. The maximum absolute atomic E-state index is 14.7. The number of aromatic nitrogens is 3. The van der Waals surface area contributed by atoms with Gasteiger partial charge in [-0.05, 0) is 76.8 Å². The van der Waals surface area contributed by atoms with Gasteiger partial charge in [0, 0.05) is 15.4 Å². The summed E-state index contributed by atoms with van der Waals surface area (Å²) in [4.78, 5) is 12.5. The molecule has 32 heavy (non-hydrogen) atoms. The SMILES string of the molecule is COc1ccccc1-n1c(Sc2cc(I)ccc2NC(C)=O)nnc1-c1ccccc1F. The molecule has 0 fully saturated rings. The third-order valence-electron chi connectivity index (χ3n) is 4.53. The monoisotopic (exact) mass is 560 g/mol. The van der Waals surface area contributed by atoms with Gasteiger partial charge < -0.3 is 10.1 Å². The molecule has 1 aromatic heterocycles. The number of rotatable bonds is 6. The number of hydrogen-bond donors (Lipinski definition) is 1. The zero-order valence-electron chi connectivity index (χ0n) is 17.2. The van der Waals surface area contributed by atoms with E-state index >= 15 is 0 Å². The van der Waals surface area contributed by atoms with Crippen LogP contribution in [0, 0.1) is 9.39 Å². The number of halogens is 2. The molecule has 0 aliphatic heterocycles. The normalized spacial score (nSPS) is 10.8. The molecule has 3 aromatic carbocycles. The van der Waals surface area contributed by atoms with Crippen LogP contribution < -0.4 is 10.1 Å². The highest BCUT2D eigenvalue weighted by Gasteiger charge is 2.22. The Bertz CT molecular complexity index is 1290. The molecule has 0 unspecified atom stereocenters. The molecule has 0 saturated carbocycles. The van der Waals surface area contributed by atoms with Gasteiger partial charge in [0.15, 0.2) is 5.82 Å². The lowest BCUT2D eigenvalue weighted by Crippen LogP contribution is -2.07. The molecule has 4 aromatic rings. The minimum absolute atomic E-state index is 0.175. The summed E-state index contributed by atoms with van der Waals surface area (Å²) in [6, 6.07) is 19.5. The van der Waals surface area contributed by atoms with E-state index in [4.69, 9.17) is 4.74 Å². The first-order valence-electron chi connectivity index (χ1n) is 9.56. The predicted molar refractivity (Wildman–Crippen MR) is 131 cm³/mol. The number of para-hydroxylation sites is 2. The first kappa shape index (κ1) is 22.3. The quantitative estimate of drug-likeness (QED) is 0.302. The Morgan fingerprint density at radius 1 is 1.09 bits per heavy atom. The van der Waals surface area contributed by atoms with Gasteiger partial charge >= 0.3 is 0 Å². The lowest BCUT2D eigenvalue weighted by atomic mass is 10.2. The maximum atomic E-state index is 14.7. The third-order valence-corrected chi connectivity index (χ3v) is 6.21. The molecule has 1 heterocycles. The number of benzene rings is 3. The van der Waals surface area contributed by atoms with Crippen LogP contribution in [0.4, 0.5) is 10.1 Å². The van der Waals surface area contributed by atoms with E-state index in [0.29, 0.717) is 33.7 Å². The standard InChI is InChI=1S/C23H18FIN4O2S/c1-14(30)26-18-12-11-15(25)13-21(18)32-23-28-27-22(16-7-3-4-8-17(16)24)29(23)19-9-5-6-10-20(19)31-2/h3-13H,1-2H3,(H,26,30). The second-order valence-electron chi connectivity index (χ2n) is 6.72. The average molecular weight is 560 g/mol. The fraction of sp³-hybridized carbons (Fsp3) is 0.0870. The van der Waals surface area contributed by atoms with Gasteiger partial charge in [-0.1, -0.05) is 24.3 Å². The first-order valence-corrected chi connectivity index (χ1v) is 11.5. The fourth-order valence-electron chi connectivity index (χ4n) is 3.16. The number of carbonyl (C=O) groups excluding carboxylic acids is 1. The molecule has 1 amide bonds. The Hall–Kier alpha value is -2.92. The Morgan fingerprint density at radius 3 is 2.59 bits per heavy atom. The van der Waals surface area contributed by atoms with Crippen LogP contribution in [0.25, 0.3) is 17.1 Å². The van der Waals surface area contributed by atoms with Crippen LogP contribution in [0.15, 0.2) is 76.8 Å². The molecule has 6 nitrogen and oxygen atoms in total. The smallest absolute Gasteiger partial charge is 0.221 e. The molecule has 0 spiro atoms. The summed E-state index contributed by atoms with van der Waals surface area (Å²) >= 11 is 3.53. The molecular weight excluding hydrogens is 542 g/mol. The molecule has 162 valence electrons. The molecule has 1 N–H and O–H groups in total. The highest BCUT2D eigenvalue weighted by atomic mass is 127. The third kappa shape index (κ3) is 4.63. The highest BCUT2D eigenvalue weighted by molar-refractivity contribution is 14.1. The first-order chi connectivity index (χ1) is 15.5. The van der Waals surface area contributed by atoms with E-state index in [9.17, 15) is 9.18 Å². The van der Waals surface area contributed by atoms with Crippen molar-refractivity contribution < 1.29 is 13.9 Å². The summed E-state index contributed by atoms with van der Waals surface area (Å²) in [7, 11) is 1.58. The number of ether oxygens (including phenoxy) is 1. The van der Waals surface area contributed by atoms with E-state index in [1.54, 1.807) is 29.9 Å². The lowest BCUT2D eigenvalue weighted by Gasteiger charge is -2.15. The second kappa shape index (κ2) is 9.70. The number of amides is 1. The average Bonchev–Trinajstić information content (AvgIpc) is 3.18. The molecular formula is C23H18FIN4O2S. The van der Waals surface area contributed by atoms with E-state index in [2.05, 4.69) is 38.1 Å². The summed E-state index contributed by atoms with van der Waals surface area (Å²) in [5, 5.41) is 12.0. The summed E-state index contributed by atoms with van der Waals surface area (Å²) in [5.41, 5.74) is 1.65. The molecule has 9 heteroatoms. The van der Waals surface area contributed by atoms with Crippen molar-refractivity contribution in [3.8, 4) is 22.8 Å². The van der Waals surface area contributed by atoms with E-state index in [-0.39, 0.29) is 5.91 Å². The van der Waals surface area contributed by atoms with E-state index in [1.807, 2.05) is 42.5 Å². The largest absolute Gasteiger partial charge is 0.495 e. The number of nitrogens with one attached hydrogen (secondary N) is 1. The van der Waals surface area contributed by atoms with Gasteiger partial charge in [-0.2, -0.15) is 0 Å². The number of hydrogen-bond acceptors (Lipinski definition) is 5. The molecule has 0 saturated heterocycles. The van der Waals surface area contributed by atoms with Crippen LogP contribution in [0.5, 0.6) is 5.75 Å². The van der Waals surface area contributed by atoms with Crippen molar-refractivity contribution in [3.63, 3.8) is 0 Å². The van der Waals surface area contributed by atoms with Gasteiger partial charge in [0.25, 0.3) is 0 Å². The fourth-order valence-corrected chi connectivity index (χ4v) is 4.83. The molecule has 0 bridgehead atoms. The van der Waals surface area contributed by atoms with Crippen LogP contribution in [0.2, 0.25) is 0 Å². The number of nitrogens with zero attached hydrogens (tertiary/aromatic N) is 3. The minimum Gasteiger partial charge on any atom is -0.495 e. The van der Waals surface area contributed by atoms with Gasteiger partial charge in [0.1, 0.15) is 11.6 Å². The van der Waals surface area contributed by atoms with Crippen LogP contribution in [-0.4, -0.2) is 27.8 Å². The highest BCUT2D eigenvalue weighted by Crippen LogP contribution is 2.39. The summed E-state index contributed by atoms with van der Waals surface area (Å²) < 4.78 is 23.0. The van der Waals surface area contributed by atoms with Crippen molar-refractivity contribution in [2.75, 3.05) is 12.4 Å². The Labute approximate surface area is 202 Å². The second-order valence-corrected chi connectivity index (χ2v) is 8.97. The van der Waals surface area contributed by atoms with Crippen molar-refractivity contribution in [3.05, 3.63) is 76.1 Å². The van der Waals surface area contributed by atoms with Gasteiger partial charge in [0.2, 0.25) is 11.1 Å². The van der Waals surface area contributed by atoms with Gasteiger partial charge in [-0.25, -0.2) is 4.39 Å². The Balaban J connectivity index is 1.91. The Morgan fingerprint density at radius 2 is 1.84 bits per heavy atom. The van der Waals surface area contributed by atoms with Crippen molar-refractivity contribution in [2.45, 2.75) is 17.0 Å². The van der Waals surface area contributed by atoms with Crippen molar-refractivity contribution in [2.24, 2.45) is 0 Å². The van der Waals surface area contributed by atoms with Gasteiger partial charge in [-0.3, -0.25) is 9.36 Å². The zero-order valence-corrected chi connectivity index (χ0v) is 20.1. The van der Waals surface area contributed by atoms with Gasteiger partial charge in [0.05, 0.1) is 24.0 Å². The van der Waals surface area contributed by atoms with Crippen molar-refractivity contribution >= 4 is 45.9 Å². The van der Waals surface area contributed by atoms with E-state index < -0.39 is 5.82 Å². The summed E-state index contributed by atoms with van der Waals surface area (Å²) in [6.07, 6.45) is 0. The van der Waals surface area contributed by atoms with Crippen molar-refractivity contribution in [1.29, 1.82) is 0 Å². The summed E-state index contributed by atoms with van der Waals surface area (Å²) in [5.74, 6) is 0.366. The van der Waals surface area contributed by atoms with Crippen molar-refractivity contribution in [1.82, 2.24) is 14.8 Å². The maximum Gasteiger partial charge on any atom is 0.221 e. The predicted octanol–water partition coefficient (Wildman–Crippen LogP) is 5.80. The van der Waals surface area contributed by atoms with E-state index in [1.165, 1.54) is 24.8 Å². The molecule has 0 atom stereocenters. The minimum atomic E-state index is -0.402. The van der Waals surface area contributed by atoms with E-state index in [0.717, 1.165) is 8.47 Å². The van der Waals surface area contributed by atoms with Crippen LogP contribution in [0.3, 0.4) is 0 Å². The molecule has 0 aliphatic rings. The van der Waals surface area contributed by atoms with Crippen LogP contribution in [-0.2, 0) is 4.79 Å². The number of methoxy groups -OCH3 is 1. The lowest BCUT2D eigenvalue weighted by molar-refractivity contribution is -0.114. The molecule has 0 radical (unpaired) electrons. The number of carbonyl (C=O) groups is 1. The van der Waals surface area contributed by atoms with Crippen LogP contribution in [0.1, 0.15) is 6.92 Å². The Kier molecular flexibility index (Phi) is 6.75. The zero-order chi connectivity index (χ0) is 22.7. The van der Waals surface area contributed by atoms with Gasteiger partial charge in [-0.15, -0.1) is 10.2 Å². The topological polar surface area (TPSA) is 69.0 Å².